The van der Waals surface area contributed by atoms with Gasteiger partial charge in [-0.25, -0.2) is 4.79 Å². The molecule has 28 heavy (non-hydrogen) atoms. The highest BCUT2D eigenvalue weighted by atomic mass is 16.6. The standard InChI is InChI=1S/C21H25N3O4/c1-14-5-9-16(10-6-14)18(25)23-24-19(26)17-11-7-15(8-12-17)13-22-20(27)28-21(2,3)4/h5-12H,13H2,1-4H3,(H,22,27)(H,23,25)(H,24,26). The third kappa shape index (κ3) is 6.75. The van der Waals surface area contributed by atoms with E-state index in [2.05, 4.69) is 16.2 Å². The lowest BCUT2D eigenvalue weighted by atomic mass is 10.1. The molecule has 0 aromatic heterocycles. The van der Waals surface area contributed by atoms with Gasteiger partial charge in [-0.3, -0.25) is 20.4 Å². The fraction of sp³-hybridized carbons (Fsp3) is 0.286. The number of aryl methyl sites for hydroxylation is 1. The lowest BCUT2D eigenvalue weighted by Gasteiger charge is -2.19. The summed E-state index contributed by atoms with van der Waals surface area (Å²) in [6.45, 7) is 7.57. The van der Waals surface area contributed by atoms with Gasteiger partial charge >= 0.3 is 6.09 Å². The molecule has 2 rings (SSSR count). The molecule has 0 atom stereocenters. The molecule has 7 nitrogen and oxygen atoms in total. The molecule has 148 valence electrons. The molecule has 2 aromatic rings. The summed E-state index contributed by atoms with van der Waals surface area (Å²) in [5.41, 5.74) is 6.89. The van der Waals surface area contributed by atoms with E-state index in [0.29, 0.717) is 11.1 Å². The Hall–Kier alpha value is -3.35. The monoisotopic (exact) mass is 383 g/mol. The molecule has 0 unspecified atom stereocenters. The molecule has 0 aliphatic rings. The Labute approximate surface area is 164 Å². The molecule has 0 spiro atoms. The molecule has 2 aromatic carbocycles. The van der Waals surface area contributed by atoms with Gasteiger partial charge < -0.3 is 10.1 Å². The van der Waals surface area contributed by atoms with Crippen molar-refractivity contribution in [2.24, 2.45) is 0 Å². The summed E-state index contributed by atoms with van der Waals surface area (Å²) in [4.78, 5) is 35.8. The Kier molecular flexibility index (Phi) is 6.76. The fourth-order valence-electron chi connectivity index (χ4n) is 2.23. The van der Waals surface area contributed by atoms with Crippen LogP contribution in [0.1, 0.15) is 52.6 Å². The number of carbonyl (C=O) groups is 3. The van der Waals surface area contributed by atoms with Gasteiger partial charge in [-0.2, -0.15) is 0 Å². The maximum Gasteiger partial charge on any atom is 0.407 e. The molecule has 0 aliphatic heterocycles. The Morgan fingerprint density at radius 1 is 0.821 bits per heavy atom. The second-order valence-electron chi connectivity index (χ2n) is 7.33. The van der Waals surface area contributed by atoms with Crippen molar-refractivity contribution in [3.63, 3.8) is 0 Å². The Morgan fingerprint density at radius 2 is 1.29 bits per heavy atom. The van der Waals surface area contributed by atoms with Crippen molar-refractivity contribution < 1.29 is 19.1 Å². The second-order valence-corrected chi connectivity index (χ2v) is 7.33. The van der Waals surface area contributed by atoms with E-state index in [1.807, 2.05) is 19.1 Å². The van der Waals surface area contributed by atoms with Crippen LogP contribution in [0.3, 0.4) is 0 Å². The van der Waals surface area contributed by atoms with Crippen molar-refractivity contribution in [3.05, 3.63) is 70.8 Å². The predicted octanol–water partition coefficient (Wildman–Crippen LogP) is 3.09. The van der Waals surface area contributed by atoms with Crippen LogP contribution in [0.5, 0.6) is 0 Å². The smallest absolute Gasteiger partial charge is 0.407 e. The van der Waals surface area contributed by atoms with Gasteiger partial charge in [0.05, 0.1) is 0 Å². The van der Waals surface area contributed by atoms with Crippen LogP contribution >= 0.6 is 0 Å². The first-order chi connectivity index (χ1) is 13.1. The number of nitrogens with one attached hydrogen (secondary N) is 3. The normalized spacial score (nSPS) is 10.7. The maximum atomic E-state index is 12.2. The topological polar surface area (TPSA) is 96.5 Å². The lowest BCUT2D eigenvalue weighted by Crippen LogP contribution is -2.41. The highest BCUT2D eigenvalue weighted by Crippen LogP contribution is 2.08. The van der Waals surface area contributed by atoms with E-state index < -0.39 is 23.5 Å². The number of alkyl carbamates (subject to hydrolysis) is 1. The SMILES string of the molecule is Cc1ccc(C(=O)NNC(=O)c2ccc(CNC(=O)OC(C)(C)C)cc2)cc1. The molecule has 0 saturated carbocycles. The quantitative estimate of drug-likeness (QED) is 0.707. The highest BCUT2D eigenvalue weighted by molar-refractivity contribution is 5.99. The van der Waals surface area contributed by atoms with E-state index in [-0.39, 0.29) is 6.54 Å². The summed E-state index contributed by atoms with van der Waals surface area (Å²) in [6.07, 6.45) is -0.506. The zero-order chi connectivity index (χ0) is 20.7. The molecule has 7 heteroatoms. The second kappa shape index (κ2) is 9.03. The fourth-order valence-corrected chi connectivity index (χ4v) is 2.23. The Morgan fingerprint density at radius 3 is 1.75 bits per heavy atom. The first kappa shape index (κ1) is 21.0. The van der Waals surface area contributed by atoms with Crippen molar-refractivity contribution in [2.45, 2.75) is 39.8 Å². The van der Waals surface area contributed by atoms with Crippen molar-refractivity contribution in [1.29, 1.82) is 0 Å². The average molecular weight is 383 g/mol. The Balaban J connectivity index is 1.83. The van der Waals surface area contributed by atoms with E-state index >= 15 is 0 Å². The van der Waals surface area contributed by atoms with E-state index in [0.717, 1.165) is 11.1 Å². The Bertz CT molecular complexity index is 837. The largest absolute Gasteiger partial charge is 0.444 e. The summed E-state index contributed by atoms with van der Waals surface area (Å²) in [7, 11) is 0. The van der Waals surface area contributed by atoms with Gasteiger partial charge in [-0.05, 0) is 57.5 Å². The van der Waals surface area contributed by atoms with E-state index in [1.165, 1.54) is 0 Å². The van der Waals surface area contributed by atoms with Crippen molar-refractivity contribution in [2.75, 3.05) is 0 Å². The van der Waals surface area contributed by atoms with Crippen LogP contribution in [0.25, 0.3) is 0 Å². The molecule has 3 N–H and O–H groups in total. The summed E-state index contributed by atoms with van der Waals surface area (Å²) < 4.78 is 5.16. The average Bonchev–Trinajstić information content (AvgIpc) is 2.64. The van der Waals surface area contributed by atoms with Crippen molar-refractivity contribution in [3.8, 4) is 0 Å². The van der Waals surface area contributed by atoms with Crippen LogP contribution in [0.2, 0.25) is 0 Å². The zero-order valence-corrected chi connectivity index (χ0v) is 16.5. The molecule has 0 bridgehead atoms. The first-order valence-electron chi connectivity index (χ1n) is 8.87. The summed E-state index contributed by atoms with van der Waals surface area (Å²) in [5, 5.41) is 2.65. The minimum Gasteiger partial charge on any atom is -0.444 e. The third-order valence-electron chi connectivity index (χ3n) is 3.66. The molecule has 0 fully saturated rings. The van der Waals surface area contributed by atoms with Crippen LogP contribution in [0.15, 0.2) is 48.5 Å². The number of amides is 3. The van der Waals surface area contributed by atoms with Crippen LogP contribution in [0, 0.1) is 6.92 Å². The summed E-state index contributed by atoms with van der Waals surface area (Å²) >= 11 is 0. The highest BCUT2D eigenvalue weighted by Gasteiger charge is 2.15. The predicted molar refractivity (Wildman–Crippen MR) is 106 cm³/mol. The molecule has 0 radical (unpaired) electrons. The minimum atomic E-state index is -0.560. The number of benzene rings is 2. The third-order valence-corrected chi connectivity index (χ3v) is 3.66. The number of hydrogen-bond acceptors (Lipinski definition) is 4. The summed E-state index contributed by atoms with van der Waals surface area (Å²) in [6, 6.07) is 13.7. The van der Waals surface area contributed by atoms with Gasteiger partial charge in [-0.1, -0.05) is 29.8 Å². The van der Waals surface area contributed by atoms with Crippen molar-refractivity contribution in [1.82, 2.24) is 16.2 Å². The van der Waals surface area contributed by atoms with Crippen LogP contribution < -0.4 is 16.2 Å². The minimum absolute atomic E-state index is 0.279. The number of hydrogen-bond donors (Lipinski definition) is 3. The van der Waals surface area contributed by atoms with E-state index in [1.54, 1.807) is 57.2 Å². The van der Waals surface area contributed by atoms with Crippen molar-refractivity contribution >= 4 is 17.9 Å². The molecule has 0 saturated heterocycles. The maximum absolute atomic E-state index is 12.2. The van der Waals surface area contributed by atoms with Crippen LogP contribution in [-0.2, 0) is 11.3 Å². The van der Waals surface area contributed by atoms with Gasteiger partial charge in [0.25, 0.3) is 11.8 Å². The van der Waals surface area contributed by atoms with Gasteiger partial charge in [-0.15, -0.1) is 0 Å². The van der Waals surface area contributed by atoms with Gasteiger partial charge in [0.15, 0.2) is 0 Å². The van der Waals surface area contributed by atoms with Crippen LogP contribution in [-0.4, -0.2) is 23.5 Å². The molecule has 0 aliphatic carbocycles. The molecular formula is C21H25N3O4. The number of ether oxygens (including phenoxy) is 1. The summed E-state index contributed by atoms with van der Waals surface area (Å²) in [5.74, 6) is -0.835. The molecule has 3 amide bonds. The van der Waals surface area contributed by atoms with Crippen LogP contribution in [0.4, 0.5) is 4.79 Å². The number of carbonyl (C=O) groups excluding carboxylic acids is 3. The lowest BCUT2D eigenvalue weighted by molar-refractivity contribution is 0.0523. The molecule has 0 heterocycles. The first-order valence-corrected chi connectivity index (χ1v) is 8.87. The van der Waals surface area contributed by atoms with E-state index in [9.17, 15) is 14.4 Å². The molecular weight excluding hydrogens is 358 g/mol. The number of rotatable bonds is 4. The van der Waals surface area contributed by atoms with Gasteiger partial charge in [0.2, 0.25) is 0 Å². The number of hydrazine groups is 1. The van der Waals surface area contributed by atoms with Gasteiger partial charge in [0, 0.05) is 17.7 Å². The van der Waals surface area contributed by atoms with E-state index in [4.69, 9.17) is 4.74 Å². The zero-order valence-electron chi connectivity index (χ0n) is 16.5. The van der Waals surface area contributed by atoms with Gasteiger partial charge in [0.1, 0.15) is 5.60 Å².